The van der Waals surface area contributed by atoms with Gasteiger partial charge >= 0.3 is 17.9 Å². The van der Waals surface area contributed by atoms with E-state index in [1.165, 1.54) is 6.08 Å². The smallest absolute Gasteiger partial charge is 0.331 e. The average Bonchev–Trinajstić information content (AvgIpc) is 2.80. The molecule has 0 amide bonds. The molecule has 0 aromatic heterocycles. The predicted molar refractivity (Wildman–Crippen MR) is 136 cm³/mol. The fourth-order valence-electron chi connectivity index (χ4n) is 3.28. The number of allylic oxidation sites excluding steroid dienone is 6. The van der Waals surface area contributed by atoms with Crippen LogP contribution in [0.4, 0.5) is 0 Å². The molecule has 0 fully saturated rings. The minimum Gasteiger partial charge on any atom is -0.481 e. The summed E-state index contributed by atoms with van der Waals surface area (Å²) < 4.78 is 10.7. The van der Waals surface area contributed by atoms with Crippen LogP contribution in [0.3, 0.4) is 0 Å². The molecule has 8 nitrogen and oxygen atoms in total. The molecule has 0 radical (unpaired) electrons. The third kappa shape index (κ3) is 17.2. The van der Waals surface area contributed by atoms with Gasteiger partial charge in [-0.1, -0.05) is 48.6 Å². The fraction of sp³-hybridized carbons (Fsp3) is 0.500. The number of aliphatic hydroxyl groups is 1. The molecule has 36 heavy (non-hydrogen) atoms. The first kappa shape index (κ1) is 30.8. The van der Waals surface area contributed by atoms with Crippen LogP contribution in [0.1, 0.15) is 71.1 Å². The molecule has 1 aliphatic heterocycles. The number of hydrogen-bond acceptors (Lipinski definition) is 7. The highest BCUT2D eigenvalue weighted by atomic mass is 16.5. The first-order valence-electron chi connectivity index (χ1n) is 12.4. The number of cyclic esters (lactones) is 1. The van der Waals surface area contributed by atoms with Gasteiger partial charge in [0.2, 0.25) is 0 Å². The topological polar surface area (TPSA) is 127 Å². The number of hydrogen-bond donors (Lipinski definition) is 2. The molecule has 198 valence electrons. The van der Waals surface area contributed by atoms with E-state index in [1.54, 1.807) is 42.5 Å². The molecule has 1 rings (SSSR count). The Morgan fingerprint density at radius 2 is 1.72 bits per heavy atom. The molecule has 0 spiro atoms. The maximum Gasteiger partial charge on any atom is 0.331 e. The van der Waals surface area contributed by atoms with Gasteiger partial charge in [-0.15, -0.1) is 0 Å². The predicted octanol–water partition coefficient (Wildman–Crippen LogP) is 4.54. The monoisotopic (exact) mass is 502 g/mol. The normalized spacial score (nSPS) is 28.0. The SMILES string of the molecule is C[C@@H]1CCC/C=C\CCC(=O)C[C@@H](O)C/C=C\C=C/[C@@H](OC(=O)CCC(=O)O)C/C=C\C=C/C(=O)O1. The van der Waals surface area contributed by atoms with Crippen LogP contribution in [0.15, 0.2) is 60.8 Å². The molecule has 3 atom stereocenters. The number of carboxylic acid groups (broad SMARTS) is 1. The van der Waals surface area contributed by atoms with E-state index in [2.05, 4.69) is 0 Å². The van der Waals surface area contributed by atoms with Crippen LogP contribution < -0.4 is 0 Å². The van der Waals surface area contributed by atoms with Gasteiger partial charge in [-0.05, 0) is 45.1 Å². The van der Waals surface area contributed by atoms with Gasteiger partial charge in [0.25, 0.3) is 0 Å². The summed E-state index contributed by atoms with van der Waals surface area (Å²) >= 11 is 0. The van der Waals surface area contributed by atoms with E-state index < -0.39 is 30.1 Å². The van der Waals surface area contributed by atoms with Crippen molar-refractivity contribution in [3.8, 4) is 0 Å². The lowest BCUT2D eigenvalue weighted by atomic mass is 10.1. The van der Waals surface area contributed by atoms with Crippen molar-refractivity contribution in [3.63, 3.8) is 0 Å². The first-order chi connectivity index (χ1) is 17.3. The van der Waals surface area contributed by atoms with Gasteiger partial charge in [0.1, 0.15) is 11.9 Å². The largest absolute Gasteiger partial charge is 0.481 e. The molecule has 1 heterocycles. The number of aliphatic hydroxyl groups excluding tert-OH is 1. The van der Waals surface area contributed by atoms with Crippen molar-refractivity contribution in [2.75, 3.05) is 0 Å². The molecule has 0 aromatic carbocycles. The van der Waals surface area contributed by atoms with Gasteiger partial charge in [-0.25, -0.2) is 4.79 Å². The summed E-state index contributed by atoms with van der Waals surface area (Å²) in [5.74, 6) is -2.16. The highest BCUT2D eigenvalue weighted by molar-refractivity contribution is 5.82. The Kier molecular flexibility index (Phi) is 16.2. The number of esters is 2. The quantitative estimate of drug-likeness (QED) is 0.424. The standard InChI is InChI=1S/C28H38O8/c1-22-13-7-3-2-4-8-14-23(29)21-24(30)15-9-5-10-16-25(36-28(34)20-19-26(31)32)17-11-6-12-18-27(33)35-22/h2,4-6,9-12,16,18,22,24-25,30H,3,7-8,13-15,17,19-21H2,1H3,(H,31,32)/b4-2-,9-5-,11-6-,16-10-,18-12-/t22-,24+,25-/m1/s1. The summed E-state index contributed by atoms with van der Waals surface area (Å²) in [5.41, 5.74) is 0. The molecule has 0 aliphatic carbocycles. The molecule has 0 bridgehead atoms. The minimum absolute atomic E-state index is 0.000683. The zero-order valence-electron chi connectivity index (χ0n) is 20.9. The van der Waals surface area contributed by atoms with Crippen LogP contribution in [0.2, 0.25) is 0 Å². The zero-order valence-corrected chi connectivity index (χ0v) is 20.9. The van der Waals surface area contributed by atoms with Crippen LogP contribution >= 0.6 is 0 Å². The Morgan fingerprint density at radius 1 is 1.00 bits per heavy atom. The van der Waals surface area contributed by atoms with Crippen LogP contribution in [0, 0.1) is 0 Å². The molecular formula is C28H38O8. The first-order valence-corrected chi connectivity index (χ1v) is 12.4. The number of ketones is 1. The van der Waals surface area contributed by atoms with Crippen molar-refractivity contribution < 1.29 is 38.9 Å². The number of Topliss-reactive ketones (excluding diaryl/α,β-unsaturated/α-hetero) is 1. The molecule has 0 saturated carbocycles. The van der Waals surface area contributed by atoms with Gasteiger partial charge in [0.15, 0.2) is 0 Å². The summed E-state index contributed by atoms with van der Waals surface area (Å²) in [6.45, 7) is 1.84. The van der Waals surface area contributed by atoms with Crippen molar-refractivity contribution in [2.24, 2.45) is 0 Å². The van der Waals surface area contributed by atoms with E-state index in [0.717, 1.165) is 19.3 Å². The molecule has 8 heteroatoms. The molecule has 0 aromatic rings. The van der Waals surface area contributed by atoms with Gasteiger partial charge in [-0.3, -0.25) is 14.4 Å². The Morgan fingerprint density at radius 3 is 2.50 bits per heavy atom. The Labute approximate surface area is 213 Å². The lowest BCUT2D eigenvalue weighted by molar-refractivity contribution is -0.150. The van der Waals surface area contributed by atoms with Crippen LogP contribution in [-0.4, -0.2) is 52.2 Å². The molecule has 1 aliphatic rings. The maximum absolute atomic E-state index is 12.0. The Balaban J connectivity index is 2.83. The van der Waals surface area contributed by atoms with E-state index >= 15 is 0 Å². The second-order valence-electron chi connectivity index (χ2n) is 8.58. The van der Waals surface area contributed by atoms with Gasteiger partial charge in [0, 0.05) is 25.3 Å². The third-order valence-electron chi connectivity index (χ3n) is 5.17. The summed E-state index contributed by atoms with van der Waals surface area (Å²) in [6.07, 6.45) is 18.9. The van der Waals surface area contributed by atoms with E-state index in [0.29, 0.717) is 25.7 Å². The molecule has 0 saturated heterocycles. The number of aliphatic carboxylic acids is 1. The van der Waals surface area contributed by atoms with Crippen LogP contribution in [0.5, 0.6) is 0 Å². The number of carbonyl (C=O) groups excluding carboxylic acids is 3. The maximum atomic E-state index is 12.0. The fourth-order valence-corrected chi connectivity index (χ4v) is 3.28. The van der Waals surface area contributed by atoms with E-state index in [1.807, 2.05) is 19.1 Å². The van der Waals surface area contributed by atoms with Gasteiger partial charge in [-0.2, -0.15) is 0 Å². The molecular weight excluding hydrogens is 464 g/mol. The molecule has 0 unspecified atom stereocenters. The summed E-state index contributed by atoms with van der Waals surface area (Å²) in [4.78, 5) is 46.6. The van der Waals surface area contributed by atoms with E-state index in [-0.39, 0.29) is 31.1 Å². The van der Waals surface area contributed by atoms with Crippen LogP contribution in [0.25, 0.3) is 0 Å². The van der Waals surface area contributed by atoms with Crippen molar-refractivity contribution in [3.05, 3.63) is 60.8 Å². The van der Waals surface area contributed by atoms with Crippen molar-refractivity contribution in [1.29, 1.82) is 0 Å². The summed E-state index contributed by atoms with van der Waals surface area (Å²) in [6, 6.07) is 0. The minimum atomic E-state index is -1.08. The van der Waals surface area contributed by atoms with Gasteiger partial charge < -0.3 is 19.7 Å². The molecule has 2 N–H and O–H groups in total. The Hall–Kier alpha value is -3.26. The lowest BCUT2D eigenvalue weighted by Gasteiger charge is -2.12. The summed E-state index contributed by atoms with van der Waals surface area (Å²) in [7, 11) is 0. The summed E-state index contributed by atoms with van der Waals surface area (Å²) in [5, 5.41) is 18.8. The highest BCUT2D eigenvalue weighted by Crippen LogP contribution is 2.10. The van der Waals surface area contributed by atoms with Crippen molar-refractivity contribution in [1.82, 2.24) is 0 Å². The van der Waals surface area contributed by atoms with Crippen molar-refractivity contribution in [2.45, 2.75) is 89.4 Å². The second kappa shape index (κ2) is 19.0. The van der Waals surface area contributed by atoms with E-state index in [4.69, 9.17) is 14.6 Å². The number of carbonyl (C=O) groups is 4. The van der Waals surface area contributed by atoms with Crippen molar-refractivity contribution >= 4 is 23.7 Å². The number of carboxylic acids is 1. The Bertz CT molecular complexity index is 850. The second-order valence-corrected chi connectivity index (χ2v) is 8.58. The lowest BCUT2D eigenvalue weighted by Crippen LogP contribution is -2.16. The average molecular weight is 503 g/mol. The number of rotatable bonds is 4. The van der Waals surface area contributed by atoms with E-state index in [9.17, 15) is 24.3 Å². The highest BCUT2D eigenvalue weighted by Gasteiger charge is 2.12. The zero-order chi connectivity index (χ0) is 26.6. The van der Waals surface area contributed by atoms with Gasteiger partial charge in [0.05, 0.1) is 25.0 Å². The number of ether oxygens (including phenoxy) is 2. The third-order valence-corrected chi connectivity index (χ3v) is 5.17. The van der Waals surface area contributed by atoms with Crippen LogP contribution in [-0.2, 0) is 28.7 Å².